The SMILES string of the molecule is C=CC(=O)N1CCc2c(cccc2-c2c(F)cc(C(N)=O)c3c2-c2ccc(C(=O)N(C)C)cc2C3)C1. The van der Waals surface area contributed by atoms with Crippen molar-refractivity contribution >= 4 is 17.7 Å². The highest BCUT2D eigenvalue weighted by molar-refractivity contribution is 6.03. The fourth-order valence-electron chi connectivity index (χ4n) is 5.38. The van der Waals surface area contributed by atoms with Crippen LogP contribution in [0.2, 0.25) is 0 Å². The lowest BCUT2D eigenvalue weighted by molar-refractivity contribution is -0.126. The summed E-state index contributed by atoms with van der Waals surface area (Å²) in [6.07, 6.45) is 2.25. The molecular formula is C29H26FN3O3. The standard InChI is InChI=1S/C29H26FN3O3/c1-4-25(34)33-11-10-19-17(15-33)6-5-7-21(19)27-24(30)14-23(28(31)35)22-13-18-12-16(29(36)32(2)3)8-9-20(18)26(22)27/h4-9,12,14H,1,10-11,13,15H2,2-3H3,(H2,31,35). The molecule has 0 aromatic heterocycles. The van der Waals surface area contributed by atoms with Crippen LogP contribution in [0.15, 0.2) is 55.1 Å². The first-order chi connectivity index (χ1) is 17.2. The lowest BCUT2D eigenvalue weighted by atomic mass is 9.85. The van der Waals surface area contributed by atoms with E-state index >= 15 is 4.39 Å². The molecule has 0 unspecified atom stereocenters. The third kappa shape index (κ3) is 3.68. The largest absolute Gasteiger partial charge is 0.366 e. The lowest BCUT2D eigenvalue weighted by Gasteiger charge is -2.30. The van der Waals surface area contributed by atoms with Gasteiger partial charge >= 0.3 is 0 Å². The molecule has 1 heterocycles. The smallest absolute Gasteiger partial charge is 0.253 e. The van der Waals surface area contributed by atoms with Gasteiger partial charge in [0.05, 0.1) is 0 Å². The maximum atomic E-state index is 15.8. The van der Waals surface area contributed by atoms with Gasteiger partial charge < -0.3 is 15.5 Å². The minimum atomic E-state index is -0.692. The third-order valence-corrected chi connectivity index (χ3v) is 7.07. The third-order valence-electron chi connectivity index (χ3n) is 7.07. The monoisotopic (exact) mass is 483 g/mol. The van der Waals surface area contributed by atoms with E-state index in [2.05, 4.69) is 6.58 Å². The second-order valence-electron chi connectivity index (χ2n) is 9.40. The summed E-state index contributed by atoms with van der Waals surface area (Å²) >= 11 is 0. The molecule has 0 bridgehead atoms. The van der Waals surface area contributed by atoms with Gasteiger partial charge in [0.1, 0.15) is 5.82 Å². The minimum absolute atomic E-state index is 0.133. The summed E-state index contributed by atoms with van der Waals surface area (Å²) in [4.78, 5) is 40.2. The second kappa shape index (κ2) is 8.75. The fourth-order valence-corrected chi connectivity index (χ4v) is 5.38. The molecule has 36 heavy (non-hydrogen) atoms. The molecule has 7 heteroatoms. The summed E-state index contributed by atoms with van der Waals surface area (Å²) in [5.41, 5.74) is 12.4. The van der Waals surface area contributed by atoms with Crippen LogP contribution < -0.4 is 5.73 Å². The highest BCUT2D eigenvalue weighted by Crippen LogP contribution is 2.47. The van der Waals surface area contributed by atoms with Gasteiger partial charge in [-0.25, -0.2) is 4.39 Å². The summed E-state index contributed by atoms with van der Waals surface area (Å²) in [6, 6.07) is 12.3. The Balaban J connectivity index is 1.71. The molecule has 0 atom stereocenters. The van der Waals surface area contributed by atoms with Gasteiger partial charge in [0.25, 0.3) is 5.91 Å². The summed E-state index contributed by atoms with van der Waals surface area (Å²) in [6.45, 7) is 4.50. The van der Waals surface area contributed by atoms with Crippen LogP contribution in [0.4, 0.5) is 4.39 Å². The number of nitrogens with two attached hydrogens (primary N) is 1. The van der Waals surface area contributed by atoms with Crippen molar-refractivity contribution in [3.8, 4) is 22.3 Å². The average Bonchev–Trinajstić information content (AvgIpc) is 3.25. The van der Waals surface area contributed by atoms with Crippen molar-refractivity contribution in [1.82, 2.24) is 9.80 Å². The van der Waals surface area contributed by atoms with Crippen LogP contribution in [0.3, 0.4) is 0 Å². The zero-order chi connectivity index (χ0) is 25.7. The van der Waals surface area contributed by atoms with Crippen LogP contribution in [0, 0.1) is 5.82 Å². The van der Waals surface area contributed by atoms with E-state index in [9.17, 15) is 14.4 Å². The Labute approximate surface area is 208 Å². The Bertz CT molecular complexity index is 1480. The number of carbonyl (C=O) groups is 3. The van der Waals surface area contributed by atoms with Crippen molar-refractivity contribution in [2.45, 2.75) is 19.4 Å². The Kier molecular flexibility index (Phi) is 5.71. The van der Waals surface area contributed by atoms with Crippen molar-refractivity contribution in [2.75, 3.05) is 20.6 Å². The van der Waals surface area contributed by atoms with Crippen LogP contribution in [0.25, 0.3) is 22.3 Å². The van der Waals surface area contributed by atoms with Gasteiger partial charge in [0.15, 0.2) is 0 Å². The molecule has 0 saturated heterocycles. The molecule has 2 N–H and O–H groups in total. The number of benzene rings is 3. The zero-order valence-electron chi connectivity index (χ0n) is 20.2. The van der Waals surface area contributed by atoms with Crippen molar-refractivity contribution in [1.29, 1.82) is 0 Å². The maximum Gasteiger partial charge on any atom is 0.253 e. The number of hydrogen-bond donors (Lipinski definition) is 1. The minimum Gasteiger partial charge on any atom is -0.366 e. The predicted molar refractivity (Wildman–Crippen MR) is 136 cm³/mol. The topological polar surface area (TPSA) is 83.7 Å². The summed E-state index contributed by atoms with van der Waals surface area (Å²) in [5, 5.41) is 0. The Morgan fingerprint density at radius 1 is 1.03 bits per heavy atom. The van der Waals surface area contributed by atoms with Crippen LogP contribution in [0.1, 0.15) is 43.0 Å². The van der Waals surface area contributed by atoms with Crippen molar-refractivity contribution < 1.29 is 18.8 Å². The summed E-state index contributed by atoms with van der Waals surface area (Å²) < 4.78 is 15.8. The number of hydrogen-bond acceptors (Lipinski definition) is 3. The molecule has 5 rings (SSSR count). The molecule has 2 aliphatic rings. The fraction of sp³-hybridized carbons (Fsp3) is 0.207. The van der Waals surface area contributed by atoms with Gasteiger partial charge in [-0.3, -0.25) is 14.4 Å². The van der Waals surface area contributed by atoms with Crippen LogP contribution >= 0.6 is 0 Å². The van der Waals surface area contributed by atoms with Gasteiger partial charge in [0, 0.05) is 43.9 Å². The van der Waals surface area contributed by atoms with Gasteiger partial charge in [-0.05, 0) is 76.1 Å². The van der Waals surface area contributed by atoms with Gasteiger partial charge in [-0.15, -0.1) is 0 Å². The molecule has 0 fully saturated rings. The molecule has 1 aliphatic carbocycles. The highest BCUT2D eigenvalue weighted by Gasteiger charge is 2.32. The molecule has 3 aromatic rings. The van der Waals surface area contributed by atoms with E-state index in [-0.39, 0.29) is 17.4 Å². The molecular weight excluding hydrogens is 457 g/mol. The number of rotatable bonds is 4. The van der Waals surface area contributed by atoms with Crippen LogP contribution in [-0.2, 0) is 24.2 Å². The summed E-state index contributed by atoms with van der Waals surface area (Å²) in [5.74, 6) is -1.49. The second-order valence-corrected chi connectivity index (χ2v) is 9.40. The van der Waals surface area contributed by atoms with E-state index in [1.807, 2.05) is 30.3 Å². The maximum absolute atomic E-state index is 15.8. The number of fused-ring (bicyclic) bond motifs is 4. The number of halogens is 1. The molecule has 3 amide bonds. The number of nitrogens with zero attached hydrogens (tertiary/aromatic N) is 2. The van der Waals surface area contributed by atoms with Crippen molar-refractivity contribution in [3.63, 3.8) is 0 Å². The molecule has 3 aromatic carbocycles. The van der Waals surface area contributed by atoms with Gasteiger partial charge in [-0.1, -0.05) is 30.8 Å². The first-order valence-electron chi connectivity index (χ1n) is 11.7. The first kappa shape index (κ1) is 23.5. The normalized spacial score (nSPS) is 13.5. The van der Waals surface area contributed by atoms with Gasteiger partial charge in [0.2, 0.25) is 11.8 Å². The van der Waals surface area contributed by atoms with Crippen molar-refractivity contribution in [2.24, 2.45) is 5.73 Å². The molecule has 1 aliphatic heterocycles. The quantitative estimate of drug-likeness (QED) is 0.447. The van der Waals surface area contributed by atoms with E-state index in [0.717, 1.165) is 27.8 Å². The zero-order valence-corrected chi connectivity index (χ0v) is 20.2. The predicted octanol–water partition coefficient (Wildman–Crippen LogP) is 3.94. The number of carbonyl (C=O) groups excluding carboxylic acids is 3. The van der Waals surface area contributed by atoms with E-state index in [1.165, 1.54) is 17.0 Å². The number of primary amides is 1. The van der Waals surface area contributed by atoms with Crippen molar-refractivity contribution in [3.05, 3.63) is 94.3 Å². The first-order valence-corrected chi connectivity index (χ1v) is 11.7. The van der Waals surface area contributed by atoms with E-state index in [1.54, 1.807) is 25.1 Å². The molecule has 0 saturated carbocycles. The van der Waals surface area contributed by atoms with Crippen LogP contribution in [0.5, 0.6) is 0 Å². The van der Waals surface area contributed by atoms with Gasteiger partial charge in [-0.2, -0.15) is 0 Å². The Morgan fingerprint density at radius 2 is 1.81 bits per heavy atom. The molecule has 0 radical (unpaired) electrons. The van der Waals surface area contributed by atoms with E-state index in [0.29, 0.717) is 48.2 Å². The van der Waals surface area contributed by atoms with Crippen LogP contribution in [-0.4, -0.2) is 48.2 Å². The highest BCUT2D eigenvalue weighted by atomic mass is 19.1. The summed E-state index contributed by atoms with van der Waals surface area (Å²) in [7, 11) is 3.37. The number of amides is 3. The average molecular weight is 484 g/mol. The Morgan fingerprint density at radius 3 is 2.50 bits per heavy atom. The lowest BCUT2D eigenvalue weighted by Crippen LogP contribution is -2.35. The molecule has 6 nitrogen and oxygen atoms in total. The molecule has 0 spiro atoms. The van der Waals surface area contributed by atoms with E-state index in [4.69, 9.17) is 5.73 Å². The Hall–Kier alpha value is -4.26. The van der Waals surface area contributed by atoms with E-state index < -0.39 is 11.7 Å². The molecule has 182 valence electrons.